The van der Waals surface area contributed by atoms with Gasteiger partial charge in [0.2, 0.25) is 0 Å². The van der Waals surface area contributed by atoms with Crippen LogP contribution >= 0.6 is 0 Å². The molecule has 0 spiro atoms. The Kier molecular flexibility index (Phi) is 5.40. The van der Waals surface area contributed by atoms with Gasteiger partial charge >= 0.3 is 5.97 Å². The second-order valence-electron chi connectivity index (χ2n) is 7.33. The fraction of sp³-hybridized carbons (Fsp3) is 0.0833. The van der Waals surface area contributed by atoms with Crippen LogP contribution < -0.4 is 0 Å². The van der Waals surface area contributed by atoms with Crippen molar-refractivity contribution in [1.82, 2.24) is 5.16 Å². The van der Waals surface area contributed by atoms with E-state index in [0.29, 0.717) is 33.7 Å². The molecule has 0 aliphatic carbocycles. The molecule has 3 aromatic carbocycles. The SMILES string of the molecule is Cc1c(-c2cc(-c3ccc(C(=O)O)c(F)c3)no2)ccc(-c2ccccc2)c1S(C)(=O)=O. The molecule has 1 aromatic heterocycles. The Bertz CT molecular complexity index is 1440. The fourth-order valence-electron chi connectivity index (χ4n) is 3.67. The standard InChI is InChI=1S/C24H18FNO5S/c1-14-17(10-11-18(23(14)32(2,29)30)15-6-4-3-5-7-15)22-13-21(26-31-22)16-8-9-19(24(27)28)20(25)12-16/h3-13H,1-2H3,(H,27,28). The van der Waals surface area contributed by atoms with Crippen LogP contribution in [-0.4, -0.2) is 30.9 Å². The quantitative estimate of drug-likeness (QED) is 0.447. The largest absolute Gasteiger partial charge is 0.478 e. The lowest BCUT2D eigenvalue weighted by Crippen LogP contribution is -2.04. The number of rotatable bonds is 5. The lowest BCUT2D eigenvalue weighted by molar-refractivity contribution is 0.0692. The molecule has 0 radical (unpaired) electrons. The number of aromatic carboxylic acids is 1. The Morgan fingerprint density at radius 3 is 2.28 bits per heavy atom. The molecule has 162 valence electrons. The van der Waals surface area contributed by atoms with Gasteiger partial charge in [-0.1, -0.05) is 53.7 Å². The van der Waals surface area contributed by atoms with Gasteiger partial charge in [0, 0.05) is 29.0 Å². The minimum atomic E-state index is -3.57. The Morgan fingerprint density at radius 2 is 1.66 bits per heavy atom. The molecule has 0 unspecified atom stereocenters. The van der Waals surface area contributed by atoms with Crippen molar-refractivity contribution in [1.29, 1.82) is 0 Å². The maximum Gasteiger partial charge on any atom is 0.338 e. The van der Waals surface area contributed by atoms with Gasteiger partial charge in [-0.05, 0) is 30.2 Å². The zero-order valence-electron chi connectivity index (χ0n) is 17.2. The summed E-state index contributed by atoms with van der Waals surface area (Å²) >= 11 is 0. The van der Waals surface area contributed by atoms with Gasteiger partial charge in [-0.15, -0.1) is 0 Å². The van der Waals surface area contributed by atoms with Crippen LogP contribution in [0.5, 0.6) is 0 Å². The number of carboxylic acids is 1. The first-order chi connectivity index (χ1) is 15.2. The van der Waals surface area contributed by atoms with E-state index < -0.39 is 27.2 Å². The van der Waals surface area contributed by atoms with E-state index >= 15 is 0 Å². The summed E-state index contributed by atoms with van der Waals surface area (Å²) in [7, 11) is -3.57. The topological polar surface area (TPSA) is 97.5 Å². The normalized spacial score (nSPS) is 11.5. The molecule has 32 heavy (non-hydrogen) atoms. The van der Waals surface area contributed by atoms with Crippen molar-refractivity contribution in [3.63, 3.8) is 0 Å². The summed E-state index contributed by atoms with van der Waals surface area (Å²) in [6.07, 6.45) is 1.16. The third kappa shape index (κ3) is 3.92. The van der Waals surface area contributed by atoms with E-state index in [4.69, 9.17) is 9.63 Å². The highest BCUT2D eigenvalue weighted by molar-refractivity contribution is 7.91. The third-order valence-electron chi connectivity index (χ3n) is 5.13. The molecule has 0 aliphatic rings. The number of halogens is 1. The Balaban J connectivity index is 1.82. The van der Waals surface area contributed by atoms with E-state index in [2.05, 4.69) is 5.16 Å². The second kappa shape index (κ2) is 8.05. The molecule has 1 N–H and O–H groups in total. The molecule has 0 saturated heterocycles. The van der Waals surface area contributed by atoms with Gasteiger partial charge in [0.15, 0.2) is 15.6 Å². The summed E-state index contributed by atoms with van der Waals surface area (Å²) in [5, 5.41) is 12.9. The molecule has 4 aromatic rings. The van der Waals surface area contributed by atoms with E-state index in [-0.39, 0.29) is 4.90 Å². The molecular formula is C24H18FNO5S. The predicted molar refractivity (Wildman–Crippen MR) is 118 cm³/mol. The van der Waals surface area contributed by atoms with Gasteiger partial charge in [-0.25, -0.2) is 17.6 Å². The van der Waals surface area contributed by atoms with Crippen LogP contribution in [0.15, 0.2) is 76.1 Å². The Morgan fingerprint density at radius 1 is 0.969 bits per heavy atom. The highest BCUT2D eigenvalue weighted by Crippen LogP contribution is 2.37. The smallest absolute Gasteiger partial charge is 0.338 e. The summed E-state index contributed by atoms with van der Waals surface area (Å²) in [6, 6.07) is 17.9. The molecule has 4 rings (SSSR count). The number of hydrogen-bond donors (Lipinski definition) is 1. The zero-order valence-corrected chi connectivity index (χ0v) is 18.0. The second-order valence-corrected chi connectivity index (χ2v) is 9.28. The predicted octanol–water partition coefficient (Wildman–Crippen LogP) is 5.22. The molecule has 8 heteroatoms. The Labute approximate surface area is 183 Å². The van der Waals surface area contributed by atoms with Crippen LogP contribution in [0.3, 0.4) is 0 Å². The molecule has 0 aliphatic heterocycles. The average molecular weight is 451 g/mol. The first kappa shape index (κ1) is 21.5. The molecular weight excluding hydrogens is 433 g/mol. The number of hydrogen-bond acceptors (Lipinski definition) is 5. The molecule has 0 amide bonds. The van der Waals surface area contributed by atoms with Gasteiger partial charge in [0.1, 0.15) is 11.5 Å². The lowest BCUT2D eigenvalue weighted by atomic mass is 9.98. The van der Waals surface area contributed by atoms with Crippen molar-refractivity contribution in [2.45, 2.75) is 11.8 Å². The molecule has 0 bridgehead atoms. The molecule has 0 atom stereocenters. The molecule has 1 heterocycles. The highest BCUT2D eigenvalue weighted by Gasteiger charge is 2.22. The first-order valence-electron chi connectivity index (χ1n) is 9.56. The summed E-state index contributed by atoms with van der Waals surface area (Å²) in [5.74, 6) is -1.94. The van der Waals surface area contributed by atoms with Crippen molar-refractivity contribution < 1.29 is 27.2 Å². The van der Waals surface area contributed by atoms with Crippen LogP contribution in [-0.2, 0) is 9.84 Å². The van der Waals surface area contributed by atoms with Crippen LogP contribution in [0, 0.1) is 12.7 Å². The number of carboxylic acid groups (broad SMARTS) is 1. The number of benzene rings is 3. The molecule has 0 fully saturated rings. The fourth-order valence-corrected chi connectivity index (χ4v) is 4.92. The monoisotopic (exact) mass is 451 g/mol. The van der Waals surface area contributed by atoms with Crippen molar-refractivity contribution in [3.8, 4) is 33.7 Å². The first-order valence-corrected chi connectivity index (χ1v) is 11.5. The summed E-state index contributed by atoms with van der Waals surface area (Å²) < 4.78 is 44.8. The third-order valence-corrected chi connectivity index (χ3v) is 6.40. The van der Waals surface area contributed by atoms with Crippen molar-refractivity contribution in [2.24, 2.45) is 0 Å². The van der Waals surface area contributed by atoms with E-state index in [9.17, 15) is 17.6 Å². The van der Waals surface area contributed by atoms with Crippen LogP contribution in [0.4, 0.5) is 4.39 Å². The van der Waals surface area contributed by atoms with E-state index in [1.54, 1.807) is 25.1 Å². The van der Waals surface area contributed by atoms with Gasteiger partial charge in [-0.3, -0.25) is 0 Å². The van der Waals surface area contributed by atoms with Crippen molar-refractivity contribution in [2.75, 3.05) is 6.26 Å². The minimum absolute atomic E-state index is 0.191. The van der Waals surface area contributed by atoms with Crippen LogP contribution in [0.1, 0.15) is 15.9 Å². The van der Waals surface area contributed by atoms with Gasteiger partial charge in [0.25, 0.3) is 0 Å². The van der Waals surface area contributed by atoms with Crippen molar-refractivity contribution >= 4 is 15.8 Å². The number of sulfone groups is 1. The number of carbonyl (C=O) groups is 1. The van der Waals surface area contributed by atoms with Crippen LogP contribution in [0.2, 0.25) is 0 Å². The van der Waals surface area contributed by atoms with E-state index in [1.165, 1.54) is 6.07 Å². The van der Waals surface area contributed by atoms with E-state index in [1.807, 2.05) is 30.3 Å². The number of nitrogens with zero attached hydrogens (tertiary/aromatic N) is 1. The van der Waals surface area contributed by atoms with Gasteiger partial charge in [-0.2, -0.15) is 0 Å². The van der Waals surface area contributed by atoms with Gasteiger partial charge in [0.05, 0.1) is 10.5 Å². The number of aromatic nitrogens is 1. The van der Waals surface area contributed by atoms with Crippen molar-refractivity contribution in [3.05, 3.63) is 83.7 Å². The molecule has 0 saturated carbocycles. The van der Waals surface area contributed by atoms with E-state index in [0.717, 1.165) is 24.0 Å². The summed E-state index contributed by atoms with van der Waals surface area (Å²) in [5.41, 5.74) is 2.58. The maximum atomic E-state index is 14.1. The summed E-state index contributed by atoms with van der Waals surface area (Å²) in [6.45, 7) is 1.70. The zero-order chi connectivity index (χ0) is 23.0. The average Bonchev–Trinajstić information content (AvgIpc) is 3.22. The lowest BCUT2D eigenvalue weighted by Gasteiger charge is -2.14. The minimum Gasteiger partial charge on any atom is -0.478 e. The highest BCUT2D eigenvalue weighted by atomic mass is 32.2. The van der Waals surface area contributed by atoms with Gasteiger partial charge < -0.3 is 9.63 Å². The molecule has 6 nitrogen and oxygen atoms in total. The summed E-state index contributed by atoms with van der Waals surface area (Å²) in [4.78, 5) is 11.2. The van der Waals surface area contributed by atoms with Crippen LogP contribution in [0.25, 0.3) is 33.7 Å². The Hall–Kier alpha value is -3.78. The maximum absolute atomic E-state index is 14.1.